The molecule has 0 saturated heterocycles. The Morgan fingerprint density at radius 3 is 2.50 bits per heavy atom. The van der Waals surface area contributed by atoms with Crippen LogP contribution in [0.5, 0.6) is 0 Å². The number of halogens is 1. The minimum Gasteiger partial charge on any atom is -0.618 e. The van der Waals surface area contributed by atoms with Crippen LogP contribution in [0, 0.1) is 5.21 Å². The van der Waals surface area contributed by atoms with Crippen molar-refractivity contribution in [2.45, 2.75) is 0 Å². The summed E-state index contributed by atoms with van der Waals surface area (Å²) in [5, 5.41) is 12.2. The lowest BCUT2D eigenvalue weighted by atomic mass is 10.0. The number of hydrogen-bond donors (Lipinski definition) is 0. The molecule has 4 heteroatoms. The molecule has 0 aromatic heterocycles. The molecule has 0 aliphatic carbocycles. The third-order valence-corrected chi connectivity index (χ3v) is 3.38. The van der Waals surface area contributed by atoms with Crippen LogP contribution in [0.3, 0.4) is 0 Å². The first kappa shape index (κ1) is 11.2. The van der Waals surface area contributed by atoms with Crippen LogP contribution >= 0.6 is 15.9 Å². The predicted octanol–water partition coefficient (Wildman–Crippen LogP) is 3.28. The molecular weight excluding hydrogens is 294 g/mol. The first-order chi connectivity index (χ1) is 8.68. The molecule has 0 radical (unpaired) electrons. The Balaban J connectivity index is 2.22. The summed E-state index contributed by atoms with van der Waals surface area (Å²) in [4.78, 5) is 12.2. The maximum atomic E-state index is 12.2. The van der Waals surface area contributed by atoms with Gasteiger partial charge in [0.05, 0.1) is 5.56 Å². The zero-order valence-electron chi connectivity index (χ0n) is 9.26. The number of carbonyl (C=O) groups excluding carboxylic acids is 1. The Bertz CT molecular complexity index is 677. The molecule has 0 spiro atoms. The maximum Gasteiger partial charge on any atom is 0.272 e. The van der Waals surface area contributed by atoms with Crippen molar-refractivity contribution >= 4 is 33.1 Å². The predicted molar refractivity (Wildman–Crippen MR) is 72.3 cm³/mol. The second kappa shape index (κ2) is 4.07. The van der Waals surface area contributed by atoms with E-state index in [4.69, 9.17) is 0 Å². The summed E-state index contributed by atoms with van der Waals surface area (Å²) in [7, 11) is 0. The standard InChI is InChI=1S/C14H8BrNO2/c15-10-6-7-11-12(8-10)16(18)13(14(11)17)9-4-2-1-3-5-9/h1-8H. The van der Waals surface area contributed by atoms with Gasteiger partial charge < -0.3 is 5.21 Å². The number of fused-ring (bicyclic) bond motifs is 1. The van der Waals surface area contributed by atoms with Crippen molar-refractivity contribution in [2.75, 3.05) is 0 Å². The lowest BCUT2D eigenvalue weighted by Gasteiger charge is -2.01. The van der Waals surface area contributed by atoms with Crippen molar-refractivity contribution in [3.05, 3.63) is 69.3 Å². The SMILES string of the molecule is O=C1C(c2ccccc2)=[N+]([O-])c2cc(Br)ccc21. The molecule has 0 saturated carbocycles. The van der Waals surface area contributed by atoms with Crippen LogP contribution in [0.25, 0.3) is 0 Å². The molecule has 18 heavy (non-hydrogen) atoms. The quantitative estimate of drug-likeness (QED) is 0.599. The molecule has 88 valence electrons. The maximum absolute atomic E-state index is 12.2. The molecule has 0 amide bonds. The van der Waals surface area contributed by atoms with E-state index in [1.54, 1.807) is 30.3 Å². The normalized spacial score (nSPS) is 13.9. The topological polar surface area (TPSA) is 43.1 Å². The van der Waals surface area contributed by atoms with Crippen molar-refractivity contribution < 1.29 is 9.53 Å². The molecule has 0 atom stereocenters. The molecule has 1 heterocycles. The van der Waals surface area contributed by atoms with Gasteiger partial charge in [-0.05, 0) is 24.3 Å². The summed E-state index contributed by atoms with van der Waals surface area (Å²) in [6, 6.07) is 14.1. The average Bonchev–Trinajstić information content (AvgIpc) is 2.63. The Labute approximate surface area is 112 Å². The molecule has 0 fully saturated rings. The van der Waals surface area contributed by atoms with Crippen LogP contribution in [-0.4, -0.2) is 16.2 Å². The number of hydrogen-bond acceptors (Lipinski definition) is 2. The van der Waals surface area contributed by atoms with Gasteiger partial charge in [-0.25, -0.2) is 0 Å². The summed E-state index contributed by atoms with van der Waals surface area (Å²) in [6.07, 6.45) is 0. The van der Waals surface area contributed by atoms with E-state index in [1.807, 2.05) is 18.2 Å². The van der Waals surface area contributed by atoms with Crippen molar-refractivity contribution in [3.63, 3.8) is 0 Å². The van der Waals surface area contributed by atoms with Gasteiger partial charge in [0, 0.05) is 10.5 Å². The van der Waals surface area contributed by atoms with E-state index in [0.717, 1.165) is 4.47 Å². The average molecular weight is 302 g/mol. The molecule has 0 bridgehead atoms. The molecule has 2 aromatic rings. The summed E-state index contributed by atoms with van der Waals surface area (Å²) < 4.78 is 1.49. The summed E-state index contributed by atoms with van der Waals surface area (Å²) in [5.41, 5.74) is 1.67. The van der Waals surface area contributed by atoms with Crippen LogP contribution in [0.4, 0.5) is 5.69 Å². The second-order valence-corrected chi connectivity index (χ2v) is 4.92. The van der Waals surface area contributed by atoms with Gasteiger partial charge in [-0.1, -0.05) is 34.1 Å². The fourth-order valence-corrected chi connectivity index (χ4v) is 2.40. The highest BCUT2D eigenvalue weighted by Gasteiger charge is 2.36. The molecule has 1 aliphatic heterocycles. The third-order valence-electron chi connectivity index (χ3n) is 2.89. The van der Waals surface area contributed by atoms with E-state index < -0.39 is 0 Å². The fraction of sp³-hybridized carbons (Fsp3) is 0. The van der Waals surface area contributed by atoms with Gasteiger partial charge in [-0.15, -0.1) is 0 Å². The van der Waals surface area contributed by atoms with Crippen LogP contribution in [-0.2, 0) is 0 Å². The third kappa shape index (κ3) is 1.57. The van der Waals surface area contributed by atoms with Crippen molar-refractivity contribution in [3.8, 4) is 0 Å². The van der Waals surface area contributed by atoms with Gasteiger partial charge in [0.15, 0.2) is 0 Å². The molecular formula is C14H8BrNO2. The first-order valence-corrected chi connectivity index (χ1v) is 6.21. The largest absolute Gasteiger partial charge is 0.618 e. The Morgan fingerprint density at radius 1 is 1.06 bits per heavy atom. The smallest absolute Gasteiger partial charge is 0.272 e. The minimum atomic E-state index is -0.223. The minimum absolute atomic E-state index is 0.184. The van der Waals surface area contributed by atoms with Gasteiger partial charge >= 0.3 is 0 Å². The first-order valence-electron chi connectivity index (χ1n) is 5.42. The zero-order chi connectivity index (χ0) is 12.7. The monoisotopic (exact) mass is 301 g/mol. The number of rotatable bonds is 1. The molecule has 2 aromatic carbocycles. The summed E-state index contributed by atoms with van der Waals surface area (Å²) >= 11 is 3.30. The van der Waals surface area contributed by atoms with Crippen molar-refractivity contribution in [1.82, 2.24) is 0 Å². The molecule has 3 nitrogen and oxygen atoms in total. The number of ketones is 1. The highest BCUT2D eigenvalue weighted by atomic mass is 79.9. The van der Waals surface area contributed by atoms with E-state index >= 15 is 0 Å². The van der Waals surface area contributed by atoms with E-state index in [-0.39, 0.29) is 11.5 Å². The van der Waals surface area contributed by atoms with Crippen LogP contribution in [0.1, 0.15) is 15.9 Å². The number of benzene rings is 2. The highest BCUT2D eigenvalue weighted by Crippen LogP contribution is 2.30. The summed E-state index contributed by atoms with van der Waals surface area (Å²) in [5.74, 6) is -0.223. The van der Waals surface area contributed by atoms with Crippen LogP contribution < -0.4 is 0 Å². The van der Waals surface area contributed by atoms with Crippen LogP contribution in [0.2, 0.25) is 0 Å². The van der Waals surface area contributed by atoms with Gasteiger partial charge in [0.25, 0.3) is 11.5 Å². The Morgan fingerprint density at radius 2 is 1.78 bits per heavy atom. The van der Waals surface area contributed by atoms with E-state index in [1.165, 1.54) is 0 Å². The van der Waals surface area contributed by atoms with Crippen molar-refractivity contribution in [1.29, 1.82) is 0 Å². The molecule has 1 aliphatic rings. The Kier molecular flexibility index (Phi) is 2.52. The lowest BCUT2D eigenvalue weighted by Crippen LogP contribution is -2.16. The number of Topliss-reactive ketones (excluding diaryl/α,β-unsaturated/α-hetero) is 1. The van der Waals surface area contributed by atoms with E-state index in [9.17, 15) is 10.0 Å². The molecule has 3 rings (SSSR count). The van der Waals surface area contributed by atoms with Gasteiger partial charge in [-0.3, -0.25) is 4.79 Å². The van der Waals surface area contributed by atoms with Crippen LogP contribution in [0.15, 0.2) is 53.0 Å². The lowest BCUT2D eigenvalue weighted by molar-refractivity contribution is -0.355. The summed E-state index contributed by atoms with van der Waals surface area (Å²) in [6.45, 7) is 0. The molecule has 0 unspecified atom stereocenters. The van der Waals surface area contributed by atoms with Gasteiger partial charge in [-0.2, -0.15) is 4.74 Å². The molecule has 0 N–H and O–H groups in total. The Hall–Kier alpha value is -1.94. The zero-order valence-corrected chi connectivity index (χ0v) is 10.8. The fourth-order valence-electron chi connectivity index (χ4n) is 2.05. The van der Waals surface area contributed by atoms with Gasteiger partial charge in [0.1, 0.15) is 5.56 Å². The number of carbonyl (C=O) groups is 1. The number of nitrogens with zero attached hydrogens (tertiary/aromatic N) is 1. The van der Waals surface area contributed by atoms with Crippen molar-refractivity contribution in [2.24, 2.45) is 0 Å². The van der Waals surface area contributed by atoms with Gasteiger partial charge in [0.2, 0.25) is 5.69 Å². The van der Waals surface area contributed by atoms with E-state index in [0.29, 0.717) is 21.6 Å². The highest BCUT2D eigenvalue weighted by molar-refractivity contribution is 9.10. The second-order valence-electron chi connectivity index (χ2n) is 4.00. The van der Waals surface area contributed by atoms with E-state index in [2.05, 4.69) is 15.9 Å².